The Balaban J connectivity index is 1.72. The van der Waals surface area contributed by atoms with Gasteiger partial charge in [0.2, 0.25) is 5.91 Å². The normalized spacial score (nSPS) is 14.6. The second-order valence-corrected chi connectivity index (χ2v) is 5.68. The van der Waals surface area contributed by atoms with E-state index in [1.165, 1.54) is 6.21 Å². The monoisotopic (exact) mass is 322 g/mol. The summed E-state index contributed by atoms with van der Waals surface area (Å²) >= 11 is 12.1. The Labute approximate surface area is 131 Å². The highest BCUT2D eigenvalue weighted by Crippen LogP contribution is 2.31. The number of amides is 1. The van der Waals surface area contributed by atoms with Crippen molar-refractivity contribution < 1.29 is 9.21 Å². The van der Waals surface area contributed by atoms with Crippen molar-refractivity contribution in [2.75, 3.05) is 0 Å². The number of carbonyl (C=O) groups is 1. The summed E-state index contributed by atoms with van der Waals surface area (Å²) in [5, 5.41) is 5.01. The standard InChI is InChI=1S/C15H12Cl2N2O2/c16-10-3-5-13(17)12(7-10)14-6-4-11(21-14)8-18-19-15(20)9-1-2-9/h3-9H,1-2H2,(H,19,20)/b18-8-. The number of hydrogen-bond acceptors (Lipinski definition) is 3. The minimum Gasteiger partial charge on any atom is -0.455 e. The van der Waals surface area contributed by atoms with Crippen LogP contribution in [0, 0.1) is 5.92 Å². The van der Waals surface area contributed by atoms with Crippen molar-refractivity contribution >= 4 is 35.3 Å². The molecule has 1 aromatic heterocycles. The van der Waals surface area contributed by atoms with Crippen molar-refractivity contribution in [1.82, 2.24) is 5.43 Å². The molecule has 0 bridgehead atoms. The second kappa shape index (κ2) is 5.92. The molecule has 0 radical (unpaired) electrons. The molecule has 1 aliphatic carbocycles. The van der Waals surface area contributed by atoms with E-state index in [0.717, 1.165) is 12.8 Å². The van der Waals surface area contributed by atoms with Crippen LogP contribution in [0.3, 0.4) is 0 Å². The fraction of sp³-hybridized carbons (Fsp3) is 0.200. The summed E-state index contributed by atoms with van der Waals surface area (Å²) in [7, 11) is 0. The molecule has 1 N–H and O–H groups in total. The first-order valence-electron chi connectivity index (χ1n) is 6.51. The molecule has 6 heteroatoms. The number of carbonyl (C=O) groups excluding carboxylic acids is 1. The number of rotatable bonds is 4. The molecule has 0 unspecified atom stereocenters. The van der Waals surface area contributed by atoms with Gasteiger partial charge in [0.15, 0.2) is 0 Å². The van der Waals surface area contributed by atoms with Crippen molar-refractivity contribution in [2.24, 2.45) is 11.0 Å². The second-order valence-electron chi connectivity index (χ2n) is 4.83. The lowest BCUT2D eigenvalue weighted by molar-refractivity contribution is -0.122. The van der Waals surface area contributed by atoms with Gasteiger partial charge in [-0.2, -0.15) is 5.10 Å². The fourth-order valence-corrected chi connectivity index (χ4v) is 2.23. The van der Waals surface area contributed by atoms with Gasteiger partial charge in [0.25, 0.3) is 0 Å². The Hall–Kier alpha value is -1.78. The molecular weight excluding hydrogens is 311 g/mol. The Morgan fingerprint density at radius 3 is 2.86 bits per heavy atom. The minimum absolute atomic E-state index is 0.0454. The number of hydrazone groups is 1. The molecule has 4 nitrogen and oxygen atoms in total. The lowest BCUT2D eigenvalue weighted by Crippen LogP contribution is -2.18. The van der Waals surface area contributed by atoms with E-state index in [1.54, 1.807) is 30.3 Å². The van der Waals surface area contributed by atoms with E-state index in [0.29, 0.717) is 27.1 Å². The molecule has 2 aromatic rings. The van der Waals surface area contributed by atoms with E-state index in [2.05, 4.69) is 10.5 Å². The van der Waals surface area contributed by atoms with Crippen molar-refractivity contribution in [2.45, 2.75) is 12.8 Å². The molecular formula is C15H12Cl2N2O2. The minimum atomic E-state index is -0.0454. The van der Waals surface area contributed by atoms with E-state index >= 15 is 0 Å². The smallest absolute Gasteiger partial charge is 0.243 e. The van der Waals surface area contributed by atoms with Crippen LogP contribution < -0.4 is 5.43 Å². The average molecular weight is 323 g/mol. The SMILES string of the molecule is O=C(N/N=C\c1ccc(-c2cc(Cl)ccc2Cl)o1)C1CC1. The molecule has 3 rings (SSSR count). The van der Waals surface area contributed by atoms with Crippen LogP contribution in [0.5, 0.6) is 0 Å². The van der Waals surface area contributed by atoms with Crippen molar-refractivity contribution in [3.8, 4) is 11.3 Å². The molecule has 1 aromatic carbocycles. The summed E-state index contributed by atoms with van der Waals surface area (Å²) < 4.78 is 5.62. The summed E-state index contributed by atoms with van der Waals surface area (Å²) in [6.07, 6.45) is 3.35. The lowest BCUT2D eigenvalue weighted by Gasteiger charge is -2.01. The van der Waals surface area contributed by atoms with Gasteiger partial charge >= 0.3 is 0 Å². The van der Waals surface area contributed by atoms with E-state index in [9.17, 15) is 4.79 Å². The number of nitrogens with one attached hydrogen (secondary N) is 1. The Bertz CT molecular complexity index is 705. The van der Waals surface area contributed by atoms with Gasteiger partial charge in [-0.05, 0) is 43.2 Å². The number of hydrogen-bond donors (Lipinski definition) is 1. The zero-order valence-electron chi connectivity index (χ0n) is 11.0. The summed E-state index contributed by atoms with van der Waals surface area (Å²) in [5.41, 5.74) is 3.20. The molecule has 0 saturated heterocycles. The molecule has 1 heterocycles. The van der Waals surface area contributed by atoms with Crippen LogP contribution in [-0.4, -0.2) is 12.1 Å². The zero-order valence-corrected chi connectivity index (χ0v) is 12.5. The van der Waals surface area contributed by atoms with Crippen LogP contribution in [0.4, 0.5) is 0 Å². The zero-order chi connectivity index (χ0) is 14.8. The summed E-state index contributed by atoms with van der Waals surface area (Å²) in [6, 6.07) is 8.69. The molecule has 0 aliphatic heterocycles. The van der Waals surface area contributed by atoms with Gasteiger partial charge in [-0.25, -0.2) is 5.43 Å². The maximum Gasteiger partial charge on any atom is 0.243 e. The van der Waals surface area contributed by atoms with Crippen LogP contribution in [0.1, 0.15) is 18.6 Å². The van der Waals surface area contributed by atoms with Crippen LogP contribution >= 0.6 is 23.2 Å². The largest absolute Gasteiger partial charge is 0.455 e. The summed E-state index contributed by atoms with van der Waals surface area (Å²) in [6.45, 7) is 0. The van der Waals surface area contributed by atoms with Crippen LogP contribution in [0.15, 0.2) is 39.9 Å². The third kappa shape index (κ3) is 3.46. The highest BCUT2D eigenvalue weighted by atomic mass is 35.5. The van der Waals surface area contributed by atoms with Crippen LogP contribution in [0.25, 0.3) is 11.3 Å². The third-order valence-corrected chi connectivity index (χ3v) is 3.70. The molecule has 1 amide bonds. The molecule has 21 heavy (non-hydrogen) atoms. The first-order valence-corrected chi connectivity index (χ1v) is 7.27. The van der Waals surface area contributed by atoms with Crippen LogP contribution in [-0.2, 0) is 4.79 Å². The Morgan fingerprint density at radius 1 is 1.29 bits per heavy atom. The molecule has 0 atom stereocenters. The molecule has 108 valence electrons. The summed E-state index contributed by atoms with van der Waals surface area (Å²) in [5.74, 6) is 1.20. The topological polar surface area (TPSA) is 54.6 Å². The Morgan fingerprint density at radius 2 is 2.10 bits per heavy atom. The molecule has 1 saturated carbocycles. The number of nitrogens with zero attached hydrogens (tertiary/aromatic N) is 1. The first-order chi connectivity index (χ1) is 10.1. The fourth-order valence-electron chi connectivity index (χ4n) is 1.85. The highest BCUT2D eigenvalue weighted by Gasteiger charge is 2.29. The average Bonchev–Trinajstić information content (AvgIpc) is 3.22. The predicted octanol–water partition coefficient (Wildman–Crippen LogP) is 4.11. The van der Waals surface area contributed by atoms with E-state index in [4.69, 9.17) is 27.6 Å². The van der Waals surface area contributed by atoms with Crippen molar-refractivity contribution in [1.29, 1.82) is 0 Å². The number of benzene rings is 1. The maximum absolute atomic E-state index is 11.4. The van der Waals surface area contributed by atoms with Crippen molar-refractivity contribution in [3.63, 3.8) is 0 Å². The van der Waals surface area contributed by atoms with E-state index in [-0.39, 0.29) is 11.8 Å². The van der Waals surface area contributed by atoms with Gasteiger partial charge < -0.3 is 4.42 Å². The van der Waals surface area contributed by atoms with Gasteiger partial charge in [-0.1, -0.05) is 23.2 Å². The van der Waals surface area contributed by atoms with Crippen molar-refractivity contribution in [3.05, 3.63) is 46.1 Å². The van der Waals surface area contributed by atoms with E-state index in [1.807, 2.05) is 0 Å². The van der Waals surface area contributed by atoms with Gasteiger partial charge in [0, 0.05) is 16.5 Å². The lowest BCUT2D eigenvalue weighted by atomic mass is 10.2. The molecule has 1 fully saturated rings. The number of furan rings is 1. The molecule has 1 aliphatic rings. The third-order valence-electron chi connectivity index (χ3n) is 3.14. The summed E-state index contributed by atoms with van der Waals surface area (Å²) in [4.78, 5) is 11.4. The van der Waals surface area contributed by atoms with Gasteiger partial charge in [-0.15, -0.1) is 0 Å². The number of halogens is 2. The Kier molecular flexibility index (Phi) is 3.99. The molecule has 0 spiro atoms. The van der Waals surface area contributed by atoms with E-state index < -0.39 is 0 Å². The quantitative estimate of drug-likeness (QED) is 0.680. The predicted molar refractivity (Wildman–Crippen MR) is 82.6 cm³/mol. The first kappa shape index (κ1) is 14.2. The van der Waals surface area contributed by atoms with Gasteiger partial charge in [-0.3, -0.25) is 4.79 Å². The maximum atomic E-state index is 11.4. The van der Waals surface area contributed by atoms with Gasteiger partial charge in [0.05, 0.1) is 11.2 Å². The van der Waals surface area contributed by atoms with Crippen LogP contribution in [0.2, 0.25) is 10.0 Å². The van der Waals surface area contributed by atoms with Gasteiger partial charge in [0.1, 0.15) is 11.5 Å². The highest BCUT2D eigenvalue weighted by molar-refractivity contribution is 6.35.